The Kier molecular flexibility index (Phi) is 7.24. The zero-order chi connectivity index (χ0) is 20.0. The minimum Gasteiger partial charge on any atom is -0.493 e. The smallest absolute Gasteiger partial charge is 0.310 e. The Morgan fingerprint density at radius 2 is 1.93 bits per heavy atom. The maximum Gasteiger partial charge on any atom is 0.310 e. The average molecular weight is 397 g/mol. The summed E-state index contributed by atoms with van der Waals surface area (Å²) < 4.78 is 34.0. The Labute approximate surface area is 160 Å². The Hall–Kier alpha value is -2.09. The molecule has 2 rings (SSSR count). The van der Waals surface area contributed by atoms with Gasteiger partial charge in [0.15, 0.2) is 15.9 Å². The molecule has 1 heterocycles. The van der Waals surface area contributed by atoms with Crippen LogP contribution in [0.4, 0.5) is 0 Å². The summed E-state index contributed by atoms with van der Waals surface area (Å²) in [7, 11) is -3.09. The van der Waals surface area contributed by atoms with Crippen molar-refractivity contribution in [3.8, 4) is 5.75 Å². The fourth-order valence-corrected chi connectivity index (χ4v) is 4.77. The molecule has 2 atom stereocenters. The van der Waals surface area contributed by atoms with Gasteiger partial charge in [0.1, 0.15) is 5.75 Å². The molecule has 0 aliphatic carbocycles. The average Bonchev–Trinajstić information content (AvgIpc) is 2.96. The van der Waals surface area contributed by atoms with Gasteiger partial charge in [-0.1, -0.05) is 17.7 Å². The van der Waals surface area contributed by atoms with Gasteiger partial charge in [-0.15, -0.1) is 0 Å². The standard InChI is InChI=1S/C19H27NO6S/c1-4-20(16-10-12-27(23,24)13-16)19(22)15(3)26-18(21)9-11-25-17-7-5-14(2)6-8-17/h5-8,15-16H,4,9-13H2,1-3H3. The molecule has 1 aliphatic heterocycles. The van der Waals surface area contributed by atoms with Crippen molar-refractivity contribution in [2.75, 3.05) is 24.7 Å². The molecule has 150 valence electrons. The summed E-state index contributed by atoms with van der Waals surface area (Å²) in [4.78, 5) is 26.0. The van der Waals surface area contributed by atoms with E-state index in [1.165, 1.54) is 11.8 Å². The second kappa shape index (κ2) is 9.21. The second-order valence-corrected chi connectivity index (χ2v) is 8.95. The first kappa shape index (κ1) is 21.2. The van der Waals surface area contributed by atoms with Gasteiger partial charge >= 0.3 is 5.97 Å². The van der Waals surface area contributed by atoms with E-state index < -0.39 is 21.9 Å². The van der Waals surface area contributed by atoms with Crippen LogP contribution in [-0.2, 0) is 24.2 Å². The van der Waals surface area contributed by atoms with E-state index in [0.717, 1.165) is 5.56 Å². The third-order valence-electron chi connectivity index (χ3n) is 4.52. The Bertz CT molecular complexity index is 759. The Morgan fingerprint density at radius 1 is 1.26 bits per heavy atom. The number of nitrogens with zero attached hydrogens (tertiary/aromatic N) is 1. The molecular formula is C19H27NO6S. The molecule has 1 aliphatic rings. The van der Waals surface area contributed by atoms with Crippen LogP contribution in [0, 0.1) is 6.92 Å². The topological polar surface area (TPSA) is 90.0 Å². The van der Waals surface area contributed by atoms with E-state index >= 15 is 0 Å². The van der Waals surface area contributed by atoms with Gasteiger partial charge in [0.25, 0.3) is 5.91 Å². The minimum absolute atomic E-state index is 0.0232. The molecule has 0 saturated carbocycles. The lowest BCUT2D eigenvalue weighted by atomic mass is 10.2. The second-order valence-electron chi connectivity index (χ2n) is 6.72. The number of ether oxygens (including phenoxy) is 2. The number of sulfone groups is 1. The number of carbonyl (C=O) groups excluding carboxylic acids is 2. The summed E-state index contributed by atoms with van der Waals surface area (Å²) in [5, 5.41) is 0. The molecule has 7 nitrogen and oxygen atoms in total. The van der Waals surface area contributed by atoms with E-state index in [1.807, 2.05) is 31.2 Å². The third-order valence-corrected chi connectivity index (χ3v) is 6.28. The number of amides is 1. The summed E-state index contributed by atoms with van der Waals surface area (Å²) >= 11 is 0. The molecule has 1 aromatic rings. The minimum atomic E-state index is -3.09. The molecule has 1 fully saturated rings. The van der Waals surface area contributed by atoms with Crippen LogP contribution in [0.3, 0.4) is 0 Å². The van der Waals surface area contributed by atoms with E-state index in [2.05, 4.69) is 0 Å². The highest BCUT2D eigenvalue weighted by molar-refractivity contribution is 7.91. The Morgan fingerprint density at radius 3 is 2.48 bits per heavy atom. The first-order valence-corrected chi connectivity index (χ1v) is 10.9. The van der Waals surface area contributed by atoms with Gasteiger partial charge in [0, 0.05) is 12.6 Å². The molecule has 1 aromatic carbocycles. The number of benzene rings is 1. The first-order valence-electron chi connectivity index (χ1n) is 9.11. The lowest BCUT2D eigenvalue weighted by molar-refractivity contribution is -0.160. The highest BCUT2D eigenvalue weighted by atomic mass is 32.2. The van der Waals surface area contributed by atoms with Crippen molar-refractivity contribution in [1.29, 1.82) is 0 Å². The maximum atomic E-state index is 12.6. The zero-order valence-electron chi connectivity index (χ0n) is 16.0. The largest absolute Gasteiger partial charge is 0.493 e. The summed E-state index contributed by atoms with van der Waals surface area (Å²) in [5.41, 5.74) is 1.12. The van der Waals surface area contributed by atoms with Crippen LogP contribution in [0.5, 0.6) is 5.75 Å². The SMILES string of the molecule is CCN(C(=O)C(C)OC(=O)CCOc1ccc(C)cc1)C1CCS(=O)(=O)C1. The lowest BCUT2D eigenvalue weighted by Gasteiger charge is -2.29. The van der Waals surface area contributed by atoms with Crippen molar-refractivity contribution in [1.82, 2.24) is 4.90 Å². The van der Waals surface area contributed by atoms with E-state index in [4.69, 9.17) is 9.47 Å². The maximum absolute atomic E-state index is 12.6. The van der Waals surface area contributed by atoms with Gasteiger partial charge in [-0.25, -0.2) is 8.42 Å². The zero-order valence-corrected chi connectivity index (χ0v) is 16.8. The molecule has 0 aromatic heterocycles. The fraction of sp³-hybridized carbons (Fsp3) is 0.579. The lowest BCUT2D eigenvalue weighted by Crippen LogP contribution is -2.46. The monoisotopic (exact) mass is 397 g/mol. The summed E-state index contributed by atoms with van der Waals surface area (Å²) in [6.45, 7) is 5.79. The summed E-state index contributed by atoms with van der Waals surface area (Å²) in [6, 6.07) is 7.12. The van der Waals surface area contributed by atoms with E-state index in [0.29, 0.717) is 18.7 Å². The van der Waals surface area contributed by atoms with Crippen LogP contribution in [-0.4, -0.2) is 62.0 Å². The third kappa shape index (κ3) is 6.23. The predicted molar refractivity (Wildman–Crippen MR) is 101 cm³/mol. The van der Waals surface area contributed by atoms with E-state index in [1.54, 1.807) is 6.92 Å². The van der Waals surface area contributed by atoms with E-state index in [-0.39, 0.29) is 36.5 Å². The number of likely N-dealkylation sites (N-methyl/N-ethyl adjacent to an activating group) is 1. The first-order chi connectivity index (χ1) is 12.7. The van der Waals surface area contributed by atoms with Crippen LogP contribution in [0.25, 0.3) is 0 Å². The van der Waals surface area contributed by atoms with Crippen molar-refractivity contribution >= 4 is 21.7 Å². The van der Waals surface area contributed by atoms with Gasteiger partial charge < -0.3 is 14.4 Å². The van der Waals surface area contributed by atoms with Crippen molar-refractivity contribution in [2.45, 2.75) is 45.8 Å². The molecule has 27 heavy (non-hydrogen) atoms. The van der Waals surface area contributed by atoms with Crippen molar-refractivity contribution in [2.24, 2.45) is 0 Å². The van der Waals surface area contributed by atoms with Gasteiger partial charge in [0.2, 0.25) is 0 Å². The molecule has 1 amide bonds. The van der Waals surface area contributed by atoms with Crippen molar-refractivity contribution < 1.29 is 27.5 Å². The number of carbonyl (C=O) groups is 2. The summed E-state index contributed by atoms with van der Waals surface area (Å²) in [5.74, 6) is -0.175. The van der Waals surface area contributed by atoms with Crippen molar-refractivity contribution in [3.05, 3.63) is 29.8 Å². The van der Waals surface area contributed by atoms with Crippen LogP contribution in [0.2, 0.25) is 0 Å². The Balaban J connectivity index is 1.80. The predicted octanol–water partition coefficient (Wildman–Crippen LogP) is 1.73. The fourth-order valence-electron chi connectivity index (χ4n) is 3.04. The van der Waals surface area contributed by atoms with Gasteiger partial charge in [-0.2, -0.15) is 0 Å². The summed E-state index contributed by atoms with van der Waals surface area (Å²) in [6.07, 6.45) is -0.511. The quantitative estimate of drug-likeness (QED) is 0.621. The highest BCUT2D eigenvalue weighted by Gasteiger charge is 2.36. The number of aryl methyl sites for hydroxylation is 1. The van der Waals surface area contributed by atoms with Gasteiger partial charge in [-0.3, -0.25) is 9.59 Å². The van der Waals surface area contributed by atoms with Gasteiger partial charge in [-0.05, 0) is 39.3 Å². The van der Waals surface area contributed by atoms with Crippen LogP contribution in [0.15, 0.2) is 24.3 Å². The van der Waals surface area contributed by atoms with Gasteiger partial charge in [0.05, 0.1) is 24.5 Å². The van der Waals surface area contributed by atoms with Crippen molar-refractivity contribution in [3.63, 3.8) is 0 Å². The molecular weight excluding hydrogens is 370 g/mol. The molecule has 0 bridgehead atoms. The number of rotatable bonds is 8. The molecule has 0 radical (unpaired) electrons. The van der Waals surface area contributed by atoms with E-state index in [9.17, 15) is 18.0 Å². The highest BCUT2D eigenvalue weighted by Crippen LogP contribution is 2.19. The van der Waals surface area contributed by atoms with Crippen LogP contribution < -0.4 is 4.74 Å². The molecule has 0 spiro atoms. The number of hydrogen-bond acceptors (Lipinski definition) is 6. The molecule has 8 heteroatoms. The van der Waals surface area contributed by atoms with Crippen LogP contribution in [0.1, 0.15) is 32.3 Å². The molecule has 2 unspecified atom stereocenters. The van der Waals surface area contributed by atoms with Crippen LogP contribution >= 0.6 is 0 Å². The normalized spacial score (nSPS) is 19.3. The number of hydrogen-bond donors (Lipinski definition) is 0. The molecule has 1 saturated heterocycles. The molecule has 0 N–H and O–H groups in total. The number of esters is 1.